The molecule has 0 fully saturated rings. The number of nitrogens with zero attached hydrogens (tertiary/aromatic N) is 1. The summed E-state index contributed by atoms with van der Waals surface area (Å²) in [5, 5.41) is 0. The average molecular weight is 226 g/mol. The highest BCUT2D eigenvalue weighted by molar-refractivity contribution is 4.50. The Bertz CT molecular complexity index is 121. The van der Waals surface area contributed by atoms with Crippen molar-refractivity contribution < 1.29 is 0 Å². The van der Waals surface area contributed by atoms with Gasteiger partial charge in [0.25, 0.3) is 0 Å². The number of unbranched alkanes of at least 4 members (excludes halogenated alkanes) is 10. The van der Waals surface area contributed by atoms with Gasteiger partial charge in [-0.2, -0.15) is 0 Å². The summed E-state index contributed by atoms with van der Waals surface area (Å²) in [5.74, 6) is 0. The van der Waals surface area contributed by atoms with Gasteiger partial charge in [0.15, 0.2) is 0 Å². The van der Waals surface area contributed by atoms with Crippen LogP contribution >= 0.6 is 0 Å². The van der Waals surface area contributed by atoms with E-state index in [0.29, 0.717) is 0 Å². The molecule has 16 heavy (non-hydrogen) atoms. The first-order chi connectivity index (χ1) is 7.77. The lowest BCUT2D eigenvalue weighted by atomic mass is 10.1. The van der Waals surface area contributed by atoms with E-state index in [-0.39, 0.29) is 0 Å². The molecule has 1 heteroatoms. The van der Waals surface area contributed by atoms with Gasteiger partial charge in [-0.25, -0.2) is 0 Å². The summed E-state index contributed by atoms with van der Waals surface area (Å²) >= 11 is 0. The summed E-state index contributed by atoms with van der Waals surface area (Å²) in [7, 11) is 4.32. The van der Waals surface area contributed by atoms with E-state index in [1.807, 2.05) is 0 Å². The summed E-state index contributed by atoms with van der Waals surface area (Å²) in [6.07, 6.45) is 15.3. The van der Waals surface area contributed by atoms with Crippen molar-refractivity contribution in [1.82, 2.24) is 4.90 Å². The summed E-state index contributed by atoms with van der Waals surface area (Å²) in [6, 6.07) is 0. The van der Waals surface area contributed by atoms with Crippen LogP contribution in [-0.2, 0) is 0 Å². The molecule has 0 saturated carbocycles. The van der Waals surface area contributed by atoms with Gasteiger partial charge in [-0.3, -0.25) is 0 Å². The number of hydrogen-bond donors (Lipinski definition) is 0. The van der Waals surface area contributed by atoms with E-state index in [9.17, 15) is 0 Å². The van der Waals surface area contributed by atoms with Crippen LogP contribution in [0.25, 0.3) is 0 Å². The van der Waals surface area contributed by atoms with Crippen LogP contribution in [0.2, 0.25) is 0 Å². The molecule has 0 aliphatic rings. The molecule has 97 valence electrons. The molecule has 0 amide bonds. The molecule has 1 nitrogen and oxygen atoms in total. The Hall–Kier alpha value is -0.0400. The molecule has 1 radical (unpaired) electrons. The van der Waals surface area contributed by atoms with Crippen LogP contribution in [-0.4, -0.2) is 25.5 Å². The topological polar surface area (TPSA) is 3.24 Å². The first-order valence-corrected chi connectivity index (χ1v) is 7.21. The van der Waals surface area contributed by atoms with Gasteiger partial charge in [0.1, 0.15) is 0 Å². The van der Waals surface area contributed by atoms with Crippen molar-refractivity contribution in [3.63, 3.8) is 0 Å². The fourth-order valence-electron chi connectivity index (χ4n) is 2.02. The highest BCUT2D eigenvalue weighted by Gasteiger charge is 1.93. The second-order valence-electron chi connectivity index (χ2n) is 5.19. The molecule has 0 aliphatic carbocycles. The van der Waals surface area contributed by atoms with Gasteiger partial charge in [-0.15, -0.1) is 0 Å². The maximum Gasteiger partial charge on any atom is -0.00248 e. The Morgan fingerprint density at radius 2 is 1.00 bits per heavy atom. The van der Waals surface area contributed by atoms with Crippen LogP contribution in [0.5, 0.6) is 0 Å². The van der Waals surface area contributed by atoms with Crippen molar-refractivity contribution >= 4 is 0 Å². The first kappa shape index (κ1) is 16.0. The highest BCUT2D eigenvalue weighted by atomic mass is 15.0. The van der Waals surface area contributed by atoms with Crippen LogP contribution in [0.15, 0.2) is 0 Å². The van der Waals surface area contributed by atoms with Crippen LogP contribution in [0, 0.1) is 6.92 Å². The maximum absolute atomic E-state index is 3.87. The van der Waals surface area contributed by atoms with Gasteiger partial charge < -0.3 is 4.90 Å². The fourth-order valence-corrected chi connectivity index (χ4v) is 2.02. The molecule has 0 N–H and O–H groups in total. The molecule has 0 spiro atoms. The molecule has 0 aromatic carbocycles. The summed E-state index contributed by atoms with van der Waals surface area (Å²) in [5.41, 5.74) is 0. The zero-order chi connectivity index (χ0) is 12.1. The fraction of sp³-hybridized carbons (Fsp3) is 0.933. The Morgan fingerprint density at radius 1 is 0.625 bits per heavy atom. The Balaban J connectivity index is 2.88. The Labute approximate surface area is 104 Å². The monoisotopic (exact) mass is 226 g/mol. The smallest absolute Gasteiger partial charge is 0.00248 e. The summed E-state index contributed by atoms with van der Waals surface area (Å²) in [4.78, 5) is 2.28. The zero-order valence-corrected chi connectivity index (χ0v) is 11.6. The third-order valence-corrected chi connectivity index (χ3v) is 3.11. The lowest BCUT2D eigenvalue weighted by Crippen LogP contribution is -2.12. The minimum absolute atomic E-state index is 1.12. The van der Waals surface area contributed by atoms with Crippen molar-refractivity contribution in [1.29, 1.82) is 0 Å². The predicted molar refractivity (Wildman–Crippen MR) is 74.7 cm³/mol. The third-order valence-electron chi connectivity index (χ3n) is 3.11. The van der Waals surface area contributed by atoms with Gasteiger partial charge in [-0.1, -0.05) is 71.1 Å². The molecular weight excluding hydrogens is 194 g/mol. The quantitative estimate of drug-likeness (QED) is 0.437. The maximum atomic E-state index is 3.87. The van der Waals surface area contributed by atoms with Gasteiger partial charge in [0.05, 0.1) is 0 Å². The summed E-state index contributed by atoms with van der Waals surface area (Å²) in [6.45, 7) is 5.13. The molecule has 0 rings (SSSR count). The summed E-state index contributed by atoms with van der Waals surface area (Å²) < 4.78 is 0. The van der Waals surface area contributed by atoms with Crippen molar-refractivity contribution in [2.75, 3.05) is 20.6 Å². The van der Waals surface area contributed by atoms with Crippen LogP contribution in [0.1, 0.15) is 70.6 Å². The van der Waals surface area contributed by atoms with Gasteiger partial charge in [0, 0.05) is 0 Å². The second-order valence-corrected chi connectivity index (χ2v) is 5.19. The van der Waals surface area contributed by atoms with Crippen molar-refractivity contribution in [3.8, 4) is 0 Å². The normalized spacial score (nSPS) is 11.2. The van der Waals surface area contributed by atoms with Crippen LogP contribution < -0.4 is 0 Å². The van der Waals surface area contributed by atoms with E-state index >= 15 is 0 Å². The van der Waals surface area contributed by atoms with E-state index in [2.05, 4.69) is 25.9 Å². The molecule has 0 saturated heterocycles. The minimum Gasteiger partial charge on any atom is -0.309 e. The molecule has 0 atom stereocenters. The van der Waals surface area contributed by atoms with E-state index in [4.69, 9.17) is 0 Å². The SMILES string of the molecule is [CH2]CCCCCCCCCCCCN(C)C. The number of hydrogen-bond acceptors (Lipinski definition) is 1. The van der Waals surface area contributed by atoms with Gasteiger partial charge in [0.2, 0.25) is 0 Å². The average Bonchev–Trinajstić information content (AvgIpc) is 2.25. The molecule has 0 bridgehead atoms. The van der Waals surface area contributed by atoms with Crippen molar-refractivity contribution in [2.45, 2.75) is 70.6 Å². The molecule has 0 unspecified atom stereocenters. The second kappa shape index (κ2) is 13.0. The molecule has 0 aromatic rings. The minimum atomic E-state index is 1.12. The lowest BCUT2D eigenvalue weighted by Gasteiger charge is -2.08. The van der Waals surface area contributed by atoms with Crippen molar-refractivity contribution in [3.05, 3.63) is 6.92 Å². The van der Waals surface area contributed by atoms with E-state index < -0.39 is 0 Å². The zero-order valence-electron chi connectivity index (χ0n) is 11.6. The van der Waals surface area contributed by atoms with Crippen molar-refractivity contribution in [2.24, 2.45) is 0 Å². The molecule has 0 aromatic heterocycles. The highest BCUT2D eigenvalue weighted by Crippen LogP contribution is 2.11. The molecule has 0 aliphatic heterocycles. The molecular formula is C15H32N. The van der Waals surface area contributed by atoms with Gasteiger partial charge >= 0.3 is 0 Å². The molecule has 0 heterocycles. The number of rotatable bonds is 12. The largest absolute Gasteiger partial charge is 0.309 e. The van der Waals surface area contributed by atoms with Crippen LogP contribution in [0.4, 0.5) is 0 Å². The Kier molecular flexibility index (Phi) is 13.0. The first-order valence-electron chi connectivity index (χ1n) is 7.21. The van der Waals surface area contributed by atoms with Crippen LogP contribution in [0.3, 0.4) is 0 Å². The Morgan fingerprint density at radius 3 is 1.38 bits per heavy atom. The standard InChI is InChI=1S/C15H32N/c1-4-5-6-7-8-9-10-11-12-13-14-15-16(2)3/h1,4-15H2,2-3H3. The lowest BCUT2D eigenvalue weighted by molar-refractivity contribution is 0.389. The van der Waals surface area contributed by atoms with Gasteiger partial charge in [-0.05, 0) is 27.1 Å². The predicted octanol–water partition coefficient (Wildman–Crippen LogP) is 4.67. The van der Waals surface area contributed by atoms with E-state index in [0.717, 1.165) is 6.42 Å². The van der Waals surface area contributed by atoms with E-state index in [1.54, 1.807) is 0 Å². The van der Waals surface area contributed by atoms with E-state index in [1.165, 1.54) is 70.8 Å². The third kappa shape index (κ3) is 14.0.